The fraction of sp³-hybridized carbons (Fsp3) is 0.300. The van der Waals surface area contributed by atoms with Gasteiger partial charge in [-0.05, 0) is 6.07 Å². The number of nitrogens with two attached hydrogens (primary N) is 1. The van der Waals surface area contributed by atoms with Crippen LogP contribution < -0.4 is 11.1 Å². The first-order valence-electron chi connectivity index (χ1n) is 5.03. The monoisotopic (exact) mass is 310 g/mol. The summed E-state index contributed by atoms with van der Waals surface area (Å²) in [5, 5.41) is 10.1. The van der Waals surface area contributed by atoms with E-state index in [1.165, 1.54) is 0 Å². The van der Waals surface area contributed by atoms with Crippen molar-refractivity contribution in [1.29, 1.82) is 5.26 Å². The van der Waals surface area contributed by atoms with E-state index in [1.54, 1.807) is 6.07 Å². The number of nitrogens with one attached hydrogen (secondary N) is 1. The normalized spacial score (nSPS) is 12.6. The number of nitriles is 1. The van der Waals surface area contributed by atoms with Crippen molar-refractivity contribution < 1.29 is 22.4 Å². The molecule has 10 heteroatoms. The summed E-state index contributed by atoms with van der Waals surface area (Å²) < 4.78 is 50.2. The largest absolute Gasteiger partial charge is 0.391 e. The molecule has 0 bridgehead atoms. The maximum atomic E-state index is 13.5. The molecular formula is C10H7ClF4N4O. The molecule has 3 N–H and O–H groups in total. The summed E-state index contributed by atoms with van der Waals surface area (Å²) in [6, 6.07) is 0.326. The Kier molecular flexibility index (Phi) is 4.73. The van der Waals surface area contributed by atoms with Gasteiger partial charge in [0.25, 0.3) is 0 Å². The zero-order valence-electron chi connectivity index (χ0n) is 9.63. The van der Waals surface area contributed by atoms with Crippen molar-refractivity contribution in [2.75, 3.05) is 5.32 Å². The maximum absolute atomic E-state index is 13.5. The number of carbonyl (C=O) groups is 1. The van der Waals surface area contributed by atoms with Gasteiger partial charge < -0.3 is 11.1 Å². The molecule has 1 rings (SSSR count). The summed E-state index contributed by atoms with van der Waals surface area (Å²) in [5.74, 6) is -3.15. The summed E-state index contributed by atoms with van der Waals surface area (Å²) in [6.07, 6.45) is -6.28. The van der Waals surface area contributed by atoms with Gasteiger partial charge in [0.1, 0.15) is 17.3 Å². The SMILES string of the molecule is N#Cc1cc(F)c(NC(CC(F)(F)F)C(N)=O)nc1Cl. The molecule has 1 atom stereocenters. The van der Waals surface area contributed by atoms with Gasteiger partial charge in [0.05, 0.1) is 12.0 Å². The first-order chi connectivity index (χ1) is 9.14. The summed E-state index contributed by atoms with van der Waals surface area (Å²) in [7, 11) is 0. The van der Waals surface area contributed by atoms with Crippen LogP contribution in [0.4, 0.5) is 23.4 Å². The van der Waals surface area contributed by atoms with Gasteiger partial charge in [0.2, 0.25) is 5.91 Å². The summed E-state index contributed by atoms with van der Waals surface area (Å²) >= 11 is 5.52. The highest BCUT2D eigenvalue weighted by atomic mass is 35.5. The van der Waals surface area contributed by atoms with E-state index in [1.807, 2.05) is 5.32 Å². The minimum absolute atomic E-state index is 0.291. The lowest BCUT2D eigenvalue weighted by atomic mass is 10.2. The smallest absolute Gasteiger partial charge is 0.368 e. The molecule has 5 nitrogen and oxygen atoms in total. The number of halogens is 5. The van der Waals surface area contributed by atoms with Crippen LogP contribution in [0.1, 0.15) is 12.0 Å². The number of alkyl halides is 3. The number of amides is 1. The summed E-state index contributed by atoms with van der Waals surface area (Å²) in [6.45, 7) is 0. The van der Waals surface area contributed by atoms with Crippen molar-refractivity contribution in [3.05, 3.63) is 22.6 Å². The van der Waals surface area contributed by atoms with Crippen molar-refractivity contribution >= 4 is 23.3 Å². The highest BCUT2D eigenvalue weighted by Gasteiger charge is 2.35. The molecule has 0 aliphatic rings. The minimum Gasteiger partial charge on any atom is -0.368 e. The van der Waals surface area contributed by atoms with Crippen molar-refractivity contribution in [3.8, 4) is 6.07 Å². The van der Waals surface area contributed by atoms with Gasteiger partial charge in [-0.25, -0.2) is 9.37 Å². The Morgan fingerprint density at radius 2 is 2.20 bits per heavy atom. The zero-order valence-corrected chi connectivity index (χ0v) is 10.4. The second-order valence-electron chi connectivity index (χ2n) is 3.69. The van der Waals surface area contributed by atoms with Crippen LogP contribution in [-0.4, -0.2) is 23.1 Å². The van der Waals surface area contributed by atoms with E-state index in [9.17, 15) is 22.4 Å². The number of aromatic nitrogens is 1. The maximum Gasteiger partial charge on any atom is 0.391 e. The van der Waals surface area contributed by atoms with E-state index in [4.69, 9.17) is 22.6 Å². The topological polar surface area (TPSA) is 91.8 Å². The summed E-state index contributed by atoms with van der Waals surface area (Å²) in [5.41, 5.74) is 4.51. The Bertz CT molecular complexity index is 570. The predicted molar refractivity (Wildman–Crippen MR) is 61.2 cm³/mol. The Morgan fingerprint density at radius 3 is 2.65 bits per heavy atom. The summed E-state index contributed by atoms with van der Waals surface area (Å²) in [4.78, 5) is 14.3. The molecule has 0 aliphatic carbocycles. The van der Waals surface area contributed by atoms with Crippen LogP contribution in [0.5, 0.6) is 0 Å². The third kappa shape index (κ3) is 4.24. The second kappa shape index (κ2) is 5.92. The van der Waals surface area contributed by atoms with Crippen LogP contribution in [0.15, 0.2) is 6.07 Å². The van der Waals surface area contributed by atoms with E-state index in [2.05, 4.69) is 4.98 Å². The number of primary amides is 1. The molecule has 0 spiro atoms. The quantitative estimate of drug-likeness (QED) is 0.657. The van der Waals surface area contributed by atoms with Crippen molar-refractivity contribution in [1.82, 2.24) is 4.98 Å². The number of nitrogens with zero attached hydrogens (tertiary/aromatic N) is 2. The number of rotatable bonds is 4. The molecule has 0 saturated carbocycles. The average Bonchev–Trinajstić information content (AvgIpc) is 2.30. The van der Waals surface area contributed by atoms with E-state index in [0.29, 0.717) is 6.07 Å². The van der Waals surface area contributed by atoms with Crippen LogP contribution in [0.2, 0.25) is 5.15 Å². The van der Waals surface area contributed by atoms with Gasteiger partial charge in [0.15, 0.2) is 11.6 Å². The molecule has 1 unspecified atom stereocenters. The molecule has 20 heavy (non-hydrogen) atoms. The lowest BCUT2D eigenvalue weighted by Crippen LogP contribution is -2.39. The Balaban J connectivity index is 3.04. The van der Waals surface area contributed by atoms with E-state index < -0.39 is 41.3 Å². The van der Waals surface area contributed by atoms with Crippen LogP contribution in [-0.2, 0) is 4.79 Å². The fourth-order valence-corrected chi connectivity index (χ4v) is 1.45. The fourth-order valence-electron chi connectivity index (χ4n) is 1.27. The van der Waals surface area contributed by atoms with Crippen molar-refractivity contribution in [3.63, 3.8) is 0 Å². The Morgan fingerprint density at radius 1 is 1.60 bits per heavy atom. The minimum atomic E-state index is -4.68. The van der Waals surface area contributed by atoms with Gasteiger partial charge in [-0.3, -0.25) is 4.79 Å². The van der Waals surface area contributed by atoms with E-state index >= 15 is 0 Å². The second-order valence-corrected chi connectivity index (χ2v) is 4.05. The first kappa shape index (κ1) is 16.0. The molecule has 0 aliphatic heterocycles. The molecule has 0 aromatic carbocycles. The molecule has 0 saturated heterocycles. The van der Waals surface area contributed by atoms with E-state index in [0.717, 1.165) is 0 Å². The van der Waals surface area contributed by atoms with Crippen LogP contribution in [0, 0.1) is 17.1 Å². The third-order valence-electron chi connectivity index (χ3n) is 2.14. The molecule has 1 aromatic rings. The number of hydrogen-bond donors (Lipinski definition) is 2. The van der Waals surface area contributed by atoms with Gasteiger partial charge in [-0.1, -0.05) is 11.6 Å². The Hall–Kier alpha value is -2.08. The van der Waals surface area contributed by atoms with Gasteiger partial charge >= 0.3 is 6.18 Å². The molecule has 0 radical (unpaired) electrons. The van der Waals surface area contributed by atoms with Crippen molar-refractivity contribution in [2.24, 2.45) is 5.73 Å². The van der Waals surface area contributed by atoms with Crippen LogP contribution in [0.3, 0.4) is 0 Å². The van der Waals surface area contributed by atoms with Crippen molar-refractivity contribution in [2.45, 2.75) is 18.6 Å². The average molecular weight is 311 g/mol. The number of anilines is 1. The number of pyridine rings is 1. The molecule has 1 aromatic heterocycles. The van der Waals surface area contributed by atoms with E-state index in [-0.39, 0.29) is 5.56 Å². The number of hydrogen-bond acceptors (Lipinski definition) is 4. The van der Waals surface area contributed by atoms with Gasteiger partial charge in [-0.15, -0.1) is 0 Å². The highest BCUT2D eigenvalue weighted by Crippen LogP contribution is 2.25. The molecule has 1 amide bonds. The lowest BCUT2D eigenvalue weighted by Gasteiger charge is -2.18. The zero-order chi connectivity index (χ0) is 15.5. The number of carbonyl (C=O) groups excluding carboxylic acids is 1. The third-order valence-corrected chi connectivity index (χ3v) is 2.43. The molecular weight excluding hydrogens is 304 g/mol. The molecule has 0 fully saturated rings. The predicted octanol–water partition coefficient (Wildman–Crippen LogP) is 1.96. The van der Waals surface area contributed by atoms with Crippen LogP contribution in [0.25, 0.3) is 0 Å². The highest BCUT2D eigenvalue weighted by molar-refractivity contribution is 6.30. The molecule has 108 valence electrons. The van der Waals surface area contributed by atoms with Crippen LogP contribution >= 0.6 is 11.6 Å². The van der Waals surface area contributed by atoms with Gasteiger partial charge in [-0.2, -0.15) is 18.4 Å². The standard InChI is InChI=1S/C10H7ClF4N4O/c11-7-4(3-16)1-5(12)9(19-7)18-6(8(17)20)2-10(13,14)15/h1,6H,2H2,(H2,17,20)(H,18,19). The molecule has 1 heterocycles. The Labute approximate surface area is 115 Å². The first-order valence-corrected chi connectivity index (χ1v) is 5.40. The lowest BCUT2D eigenvalue weighted by molar-refractivity contribution is -0.144. The van der Waals surface area contributed by atoms with Gasteiger partial charge in [0, 0.05) is 0 Å².